The van der Waals surface area contributed by atoms with Crippen LogP contribution in [0.5, 0.6) is 5.75 Å². The Morgan fingerprint density at radius 3 is 2.86 bits per heavy atom. The summed E-state index contributed by atoms with van der Waals surface area (Å²) >= 11 is 0. The first-order chi connectivity index (χ1) is 10.1. The average molecular weight is 288 g/mol. The molecule has 0 aliphatic carbocycles. The lowest BCUT2D eigenvalue weighted by molar-refractivity contribution is 0.0938. The molecule has 1 aromatic heterocycles. The van der Waals surface area contributed by atoms with Crippen LogP contribution in [0.15, 0.2) is 41.0 Å². The van der Waals surface area contributed by atoms with Crippen molar-refractivity contribution in [2.75, 3.05) is 12.8 Å². The van der Waals surface area contributed by atoms with Gasteiger partial charge in [-0.2, -0.15) is 0 Å². The molecule has 0 aliphatic heterocycles. The van der Waals surface area contributed by atoms with E-state index in [1.165, 1.54) is 0 Å². The minimum Gasteiger partial charge on any atom is -0.495 e. The van der Waals surface area contributed by atoms with Crippen LogP contribution in [0.1, 0.15) is 29.5 Å². The van der Waals surface area contributed by atoms with Crippen LogP contribution < -0.4 is 15.8 Å². The van der Waals surface area contributed by atoms with Crippen molar-refractivity contribution < 1.29 is 13.9 Å². The first-order valence-electron chi connectivity index (χ1n) is 6.87. The van der Waals surface area contributed by atoms with Gasteiger partial charge in [0.15, 0.2) is 0 Å². The van der Waals surface area contributed by atoms with E-state index in [4.69, 9.17) is 14.9 Å². The molecule has 0 bridgehead atoms. The highest BCUT2D eigenvalue weighted by Crippen LogP contribution is 2.21. The summed E-state index contributed by atoms with van der Waals surface area (Å²) < 4.78 is 10.3. The van der Waals surface area contributed by atoms with Gasteiger partial charge < -0.3 is 20.2 Å². The Morgan fingerprint density at radius 2 is 2.24 bits per heavy atom. The van der Waals surface area contributed by atoms with E-state index in [1.54, 1.807) is 31.6 Å². The molecule has 0 saturated carbocycles. The van der Waals surface area contributed by atoms with Crippen LogP contribution in [-0.4, -0.2) is 19.1 Å². The monoisotopic (exact) mass is 288 g/mol. The molecule has 0 radical (unpaired) electrons. The number of carbonyl (C=O) groups excluding carboxylic acids is 1. The largest absolute Gasteiger partial charge is 0.495 e. The molecular weight excluding hydrogens is 268 g/mol. The van der Waals surface area contributed by atoms with Crippen molar-refractivity contribution >= 4 is 11.6 Å². The van der Waals surface area contributed by atoms with Gasteiger partial charge in [-0.05, 0) is 43.7 Å². The molecule has 5 nitrogen and oxygen atoms in total. The minimum atomic E-state index is -0.142. The van der Waals surface area contributed by atoms with Crippen molar-refractivity contribution in [2.45, 2.75) is 25.8 Å². The lowest BCUT2D eigenvalue weighted by Gasteiger charge is -2.14. The number of hydrogen-bond acceptors (Lipinski definition) is 4. The Balaban J connectivity index is 1.89. The summed E-state index contributed by atoms with van der Waals surface area (Å²) in [5.41, 5.74) is 6.78. The Morgan fingerprint density at radius 1 is 1.43 bits per heavy atom. The number of amides is 1. The van der Waals surface area contributed by atoms with Crippen LogP contribution in [-0.2, 0) is 6.42 Å². The number of anilines is 1. The fraction of sp³-hybridized carbons (Fsp3) is 0.312. The maximum atomic E-state index is 12.1. The highest BCUT2D eigenvalue weighted by atomic mass is 16.5. The van der Waals surface area contributed by atoms with E-state index in [2.05, 4.69) is 5.32 Å². The van der Waals surface area contributed by atoms with Gasteiger partial charge in [-0.15, -0.1) is 0 Å². The zero-order valence-corrected chi connectivity index (χ0v) is 12.3. The van der Waals surface area contributed by atoms with Gasteiger partial charge in [0.05, 0.1) is 19.1 Å². The van der Waals surface area contributed by atoms with Crippen molar-refractivity contribution in [2.24, 2.45) is 0 Å². The first kappa shape index (κ1) is 15.0. The van der Waals surface area contributed by atoms with Gasteiger partial charge >= 0.3 is 0 Å². The predicted octanol–water partition coefficient (Wildman–Crippen LogP) is 2.62. The lowest BCUT2D eigenvalue weighted by Crippen LogP contribution is -2.32. The van der Waals surface area contributed by atoms with Gasteiger partial charge in [-0.1, -0.05) is 0 Å². The van der Waals surface area contributed by atoms with Crippen molar-refractivity contribution in [3.05, 3.63) is 47.9 Å². The number of carbonyl (C=O) groups is 1. The molecule has 2 rings (SSSR count). The summed E-state index contributed by atoms with van der Waals surface area (Å²) in [6.45, 7) is 1.97. The Hall–Kier alpha value is -2.43. The number of nitrogens with one attached hydrogen (secondary N) is 1. The van der Waals surface area contributed by atoms with Crippen molar-refractivity contribution in [3.8, 4) is 5.75 Å². The number of hydrogen-bond donors (Lipinski definition) is 2. The molecule has 5 heteroatoms. The van der Waals surface area contributed by atoms with E-state index >= 15 is 0 Å². The molecule has 0 aliphatic rings. The van der Waals surface area contributed by atoms with Crippen LogP contribution in [0, 0.1) is 0 Å². The number of ether oxygens (including phenoxy) is 1. The summed E-state index contributed by atoms with van der Waals surface area (Å²) in [5, 5.41) is 2.95. The molecule has 0 spiro atoms. The van der Waals surface area contributed by atoms with Crippen molar-refractivity contribution in [1.82, 2.24) is 5.32 Å². The van der Waals surface area contributed by atoms with E-state index in [0.29, 0.717) is 17.0 Å². The molecule has 0 saturated heterocycles. The third-order valence-electron chi connectivity index (χ3n) is 3.27. The van der Waals surface area contributed by atoms with Gasteiger partial charge in [-0.3, -0.25) is 4.79 Å². The second kappa shape index (κ2) is 6.83. The number of furan rings is 1. The van der Waals surface area contributed by atoms with Crippen LogP contribution in [0.3, 0.4) is 0 Å². The number of benzene rings is 1. The summed E-state index contributed by atoms with van der Waals surface area (Å²) in [4.78, 5) is 12.1. The number of methoxy groups -OCH3 is 1. The molecule has 1 heterocycles. The normalized spacial score (nSPS) is 11.9. The zero-order chi connectivity index (χ0) is 15.2. The Labute approximate surface area is 124 Å². The van der Waals surface area contributed by atoms with Gasteiger partial charge in [-0.25, -0.2) is 0 Å². The topological polar surface area (TPSA) is 77.5 Å². The molecule has 3 N–H and O–H groups in total. The van der Waals surface area contributed by atoms with Crippen molar-refractivity contribution in [1.29, 1.82) is 0 Å². The Bertz CT molecular complexity index is 594. The van der Waals surface area contributed by atoms with E-state index in [-0.39, 0.29) is 11.9 Å². The number of rotatable bonds is 6. The minimum absolute atomic E-state index is 0.0472. The smallest absolute Gasteiger partial charge is 0.251 e. The van der Waals surface area contributed by atoms with E-state index in [0.717, 1.165) is 18.6 Å². The van der Waals surface area contributed by atoms with Crippen LogP contribution >= 0.6 is 0 Å². The summed E-state index contributed by atoms with van der Waals surface area (Å²) in [5.74, 6) is 1.35. The van der Waals surface area contributed by atoms with E-state index in [1.807, 2.05) is 19.1 Å². The highest BCUT2D eigenvalue weighted by molar-refractivity contribution is 5.95. The summed E-state index contributed by atoms with van der Waals surface area (Å²) in [7, 11) is 1.54. The second-order valence-corrected chi connectivity index (χ2v) is 4.95. The third kappa shape index (κ3) is 4.02. The molecule has 1 unspecified atom stereocenters. The van der Waals surface area contributed by atoms with Crippen LogP contribution in [0.2, 0.25) is 0 Å². The predicted molar refractivity (Wildman–Crippen MR) is 81.4 cm³/mol. The number of nitrogen functional groups attached to an aromatic ring is 1. The quantitative estimate of drug-likeness (QED) is 0.801. The van der Waals surface area contributed by atoms with Crippen LogP contribution in [0.25, 0.3) is 0 Å². The van der Waals surface area contributed by atoms with Gasteiger partial charge in [0.2, 0.25) is 0 Å². The SMILES string of the molecule is COc1ccc(C(=O)NC(C)CCc2ccco2)cc1N. The van der Waals surface area contributed by atoms with E-state index in [9.17, 15) is 4.79 Å². The standard InChI is InChI=1S/C16H20N2O3/c1-11(5-7-13-4-3-9-21-13)18-16(19)12-6-8-15(20-2)14(17)10-12/h3-4,6,8-11H,5,7,17H2,1-2H3,(H,18,19). The molecule has 0 fully saturated rings. The van der Waals surface area contributed by atoms with Gasteiger partial charge in [0.25, 0.3) is 5.91 Å². The molecule has 1 atom stereocenters. The summed E-state index contributed by atoms with van der Waals surface area (Å²) in [6, 6.07) is 8.85. The second-order valence-electron chi connectivity index (χ2n) is 4.95. The molecule has 21 heavy (non-hydrogen) atoms. The Kier molecular flexibility index (Phi) is 4.87. The maximum absolute atomic E-state index is 12.1. The highest BCUT2D eigenvalue weighted by Gasteiger charge is 2.12. The first-order valence-corrected chi connectivity index (χ1v) is 6.87. The van der Waals surface area contributed by atoms with Crippen LogP contribution in [0.4, 0.5) is 5.69 Å². The molecule has 1 aromatic carbocycles. The molecule has 112 valence electrons. The maximum Gasteiger partial charge on any atom is 0.251 e. The van der Waals surface area contributed by atoms with Crippen molar-refractivity contribution in [3.63, 3.8) is 0 Å². The third-order valence-corrected chi connectivity index (χ3v) is 3.27. The zero-order valence-electron chi connectivity index (χ0n) is 12.3. The number of nitrogens with two attached hydrogens (primary N) is 1. The van der Waals surface area contributed by atoms with Gasteiger partial charge in [0.1, 0.15) is 11.5 Å². The van der Waals surface area contributed by atoms with Gasteiger partial charge in [0, 0.05) is 18.0 Å². The lowest BCUT2D eigenvalue weighted by atomic mass is 10.1. The fourth-order valence-corrected chi connectivity index (χ4v) is 2.07. The number of aryl methyl sites for hydroxylation is 1. The summed E-state index contributed by atoms with van der Waals surface area (Å²) in [6.07, 6.45) is 3.25. The fourth-order valence-electron chi connectivity index (χ4n) is 2.07. The molecular formula is C16H20N2O3. The molecule has 1 amide bonds. The van der Waals surface area contributed by atoms with E-state index < -0.39 is 0 Å². The average Bonchev–Trinajstić information content (AvgIpc) is 2.98. The molecule has 2 aromatic rings.